The average Bonchev–Trinajstić information content (AvgIpc) is 2.60. The maximum Gasteiger partial charge on any atom is 0.131 e. The summed E-state index contributed by atoms with van der Waals surface area (Å²) in [5.41, 5.74) is 3.34. The van der Waals surface area contributed by atoms with Gasteiger partial charge >= 0.3 is 0 Å². The quantitative estimate of drug-likeness (QED) is 0.659. The molecule has 1 aliphatic rings. The fraction of sp³-hybridized carbons (Fsp3) is 0.500. The highest BCUT2D eigenvalue weighted by atomic mass is 19.1. The SMILES string of the molecule is CCCc1ccc(-c2ccc(C3CC(C)(C)N(O)C(C)(C)C3)cc2)c(F)c1. The zero-order valence-corrected chi connectivity index (χ0v) is 17.2. The van der Waals surface area contributed by atoms with Gasteiger partial charge in [-0.05, 0) is 75.6 Å². The Kier molecular flexibility index (Phi) is 5.47. The van der Waals surface area contributed by atoms with Crippen molar-refractivity contribution in [1.29, 1.82) is 0 Å². The third-order valence-corrected chi connectivity index (χ3v) is 5.90. The van der Waals surface area contributed by atoms with Gasteiger partial charge in [-0.3, -0.25) is 0 Å². The Morgan fingerprint density at radius 3 is 2.11 bits per heavy atom. The van der Waals surface area contributed by atoms with Crippen LogP contribution in [0.3, 0.4) is 0 Å². The molecule has 1 fully saturated rings. The lowest BCUT2D eigenvalue weighted by molar-refractivity contribution is -0.245. The van der Waals surface area contributed by atoms with Crippen molar-refractivity contribution in [3.8, 4) is 11.1 Å². The number of nitrogens with zero attached hydrogens (tertiary/aromatic N) is 1. The van der Waals surface area contributed by atoms with Crippen molar-refractivity contribution in [2.24, 2.45) is 0 Å². The summed E-state index contributed by atoms with van der Waals surface area (Å²) in [7, 11) is 0. The van der Waals surface area contributed by atoms with Crippen molar-refractivity contribution in [3.05, 3.63) is 59.4 Å². The number of rotatable bonds is 4. The van der Waals surface area contributed by atoms with Gasteiger partial charge < -0.3 is 5.21 Å². The number of hydrogen-bond acceptors (Lipinski definition) is 2. The van der Waals surface area contributed by atoms with Crippen molar-refractivity contribution in [1.82, 2.24) is 5.06 Å². The first kappa shape index (κ1) is 20.0. The summed E-state index contributed by atoms with van der Waals surface area (Å²) >= 11 is 0. The zero-order valence-electron chi connectivity index (χ0n) is 17.2. The molecule has 0 amide bonds. The lowest BCUT2D eigenvalue weighted by Gasteiger charge is -2.51. The van der Waals surface area contributed by atoms with Crippen molar-refractivity contribution < 1.29 is 9.60 Å². The number of aryl methyl sites for hydroxylation is 1. The van der Waals surface area contributed by atoms with E-state index in [9.17, 15) is 9.60 Å². The molecule has 0 aliphatic carbocycles. The van der Waals surface area contributed by atoms with Crippen LogP contribution < -0.4 is 0 Å². The standard InChI is InChI=1S/C24H32FNO/c1-6-7-17-8-13-21(22(25)14-17)19-11-9-18(10-12-19)20-15-23(2,3)26(27)24(4,5)16-20/h8-14,20,27H,6-7,15-16H2,1-5H3. The Hall–Kier alpha value is -1.71. The van der Waals surface area contributed by atoms with E-state index in [1.165, 1.54) is 10.6 Å². The average molecular weight is 370 g/mol. The van der Waals surface area contributed by atoms with Gasteiger partial charge in [-0.1, -0.05) is 49.7 Å². The molecule has 0 radical (unpaired) electrons. The van der Waals surface area contributed by atoms with Crippen molar-refractivity contribution in [2.45, 2.75) is 77.3 Å². The molecule has 0 saturated carbocycles. The van der Waals surface area contributed by atoms with Crippen LogP contribution >= 0.6 is 0 Å². The van der Waals surface area contributed by atoms with E-state index in [2.05, 4.69) is 46.8 Å². The minimum Gasteiger partial charge on any atom is -0.313 e. The smallest absolute Gasteiger partial charge is 0.131 e. The van der Waals surface area contributed by atoms with Gasteiger partial charge in [0.2, 0.25) is 0 Å². The summed E-state index contributed by atoms with van der Waals surface area (Å²) < 4.78 is 14.5. The van der Waals surface area contributed by atoms with Crippen LogP contribution in [0, 0.1) is 5.82 Å². The normalized spacial score (nSPS) is 20.0. The molecule has 3 heteroatoms. The van der Waals surface area contributed by atoms with Crippen LogP contribution in [-0.4, -0.2) is 21.3 Å². The van der Waals surface area contributed by atoms with Gasteiger partial charge in [0.25, 0.3) is 0 Å². The first-order valence-electron chi connectivity index (χ1n) is 10.0. The molecular formula is C24H32FNO. The molecule has 0 atom stereocenters. The van der Waals surface area contributed by atoms with Gasteiger partial charge in [-0.25, -0.2) is 4.39 Å². The Bertz CT molecular complexity index is 777. The minimum absolute atomic E-state index is 0.149. The number of halogens is 1. The summed E-state index contributed by atoms with van der Waals surface area (Å²) in [6.07, 6.45) is 3.72. The highest BCUT2D eigenvalue weighted by Crippen LogP contribution is 2.44. The van der Waals surface area contributed by atoms with Gasteiger partial charge in [-0.2, -0.15) is 5.06 Å². The van der Waals surface area contributed by atoms with Crippen LogP contribution in [0.5, 0.6) is 0 Å². The van der Waals surface area contributed by atoms with Crippen LogP contribution in [0.1, 0.15) is 70.9 Å². The first-order chi connectivity index (χ1) is 12.6. The summed E-state index contributed by atoms with van der Waals surface area (Å²) in [5, 5.41) is 12.0. The topological polar surface area (TPSA) is 23.5 Å². The molecule has 27 heavy (non-hydrogen) atoms. The fourth-order valence-electron chi connectivity index (χ4n) is 4.68. The number of benzene rings is 2. The maximum atomic E-state index is 14.5. The molecule has 146 valence electrons. The predicted molar refractivity (Wildman–Crippen MR) is 110 cm³/mol. The summed E-state index contributed by atoms with van der Waals surface area (Å²) in [4.78, 5) is 0. The number of hydrogen-bond donors (Lipinski definition) is 1. The van der Waals surface area contributed by atoms with Gasteiger partial charge in [-0.15, -0.1) is 0 Å². The van der Waals surface area contributed by atoms with Gasteiger partial charge in [0.05, 0.1) is 0 Å². The maximum absolute atomic E-state index is 14.5. The second-order valence-corrected chi connectivity index (χ2v) is 9.23. The Morgan fingerprint density at radius 2 is 1.59 bits per heavy atom. The third-order valence-electron chi connectivity index (χ3n) is 5.90. The largest absolute Gasteiger partial charge is 0.313 e. The van der Waals surface area contributed by atoms with Crippen molar-refractivity contribution in [3.63, 3.8) is 0 Å². The van der Waals surface area contributed by atoms with Crippen LogP contribution in [0.25, 0.3) is 11.1 Å². The van der Waals surface area contributed by atoms with Gasteiger partial charge in [0.1, 0.15) is 5.82 Å². The van der Waals surface area contributed by atoms with E-state index < -0.39 is 0 Å². The molecule has 1 heterocycles. The van der Waals surface area contributed by atoms with E-state index in [1.54, 1.807) is 6.07 Å². The highest BCUT2D eigenvalue weighted by Gasteiger charge is 2.45. The second-order valence-electron chi connectivity index (χ2n) is 9.23. The fourth-order valence-corrected chi connectivity index (χ4v) is 4.68. The molecular weight excluding hydrogens is 337 g/mol. The highest BCUT2D eigenvalue weighted by molar-refractivity contribution is 5.65. The molecule has 0 aromatic heterocycles. The monoisotopic (exact) mass is 369 g/mol. The lowest BCUT2D eigenvalue weighted by atomic mass is 9.72. The Morgan fingerprint density at radius 1 is 1.00 bits per heavy atom. The van der Waals surface area contributed by atoms with E-state index in [0.29, 0.717) is 11.5 Å². The van der Waals surface area contributed by atoms with Crippen molar-refractivity contribution in [2.75, 3.05) is 0 Å². The number of hydroxylamine groups is 2. The van der Waals surface area contributed by atoms with E-state index in [4.69, 9.17) is 0 Å². The summed E-state index contributed by atoms with van der Waals surface area (Å²) in [6, 6.07) is 13.9. The summed E-state index contributed by atoms with van der Waals surface area (Å²) in [5.74, 6) is 0.230. The molecule has 3 rings (SSSR count). The molecule has 0 bridgehead atoms. The van der Waals surface area contributed by atoms with Crippen LogP contribution in [-0.2, 0) is 6.42 Å². The third kappa shape index (κ3) is 4.09. The summed E-state index contributed by atoms with van der Waals surface area (Å²) in [6.45, 7) is 10.4. The van der Waals surface area contributed by atoms with Crippen LogP contribution in [0.2, 0.25) is 0 Å². The molecule has 2 nitrogen and oxygen atoms in total. The second kappa shape index (κ2) is 7.37. The molecule has 1 N–H and O–H groups in total. The van der Waals surface area contributed by atoms with E-state index in [1.807, 2.05) is 24.3 Å². The molecule has 1 aliphatic heterocycles. The molecule has 2 aromatic carbocycles. The lowest BCUT2D eigenvalue weighted by Crippen LogP contribution is -2.58. The predicted octanol–water partition coefficient (Wildman–Crippen LogP) is 6.57. The van der Waals surface area contributed by atoms with Gasteiger partial charge in [0.15, 0.2) is 0 Å². The zero-order chi connectivity index (χ0) is 19.8. The molecule has 2 aromatic rings. The Balaban J connectivity index is 1.84. The first-order valence-corrected chi connectivity index (χ1v) is 10.0. The van der Waals surface area contributed by atoms with Crippen LogP contribution in [0.4, 0.5) is 4.39 Å². The number of piperidine rings is 1. The van der Waals surface area contributed by atoms with E-state index in [0.717, 1.165) is 36.8 Å². The molecule has 0 spiro atoms. The Labute approximate surface area is 163 Å². The van der Waals surface area contributed by atoms with Crippen LogP contribution in [0.15, 0.2) is 42.5 Å². The van der Waals surface area contributed by atoms with Gasteiger partial charge in [0, 0.05) is 16.6 Å². The molecule has 1 saturated heterocycles. The van der Waals surface area contributed by atoms with E-state index in [-0.39, 0.29) is 16.9 Å². The minimum atomic E-state index is -0.272. The van der Waals surface area contributed by atoms with E-state index >= 15 is 0 Å². The molecule has 0 unspecified atom stereocenters. The van der Waals surface area contributed by atoms with Crippen molar-refractivity contribution >= 4 is 0 Å².